The molecule has 2 aromatic carbocycles. The van der Waals surface area contributed by atoms with Crippen LogP contribution in [0.15, 0.2) is 91.3 Å². The normalized spacial score (nSPS) is 13.7. The van der Waals surface area contributed by atoms with Gasteiger partial charge in [-0.05, 0) is 73.0 Å². The molecule has 0 radical (unpaired) electrons. The van der Waals surface area contributed by atoms with Crippen molar-refractivity contribution in [2.24, 2.45) is 0 Å². The number of nitrogens with zero attached hydrogens (tertiary/aromatic N) is 8. The molecule has 1 fully saturated rings. The number of benzene rings is 2. The van der Waals surface area contributed by atoms with Crippen molar-refractivity contribution in [3.05, 3.63) is 103 Å². The number of nitrogen functional groups attached to an aromatic ring is 1. The third-order valence-corrected chi connectivity index (χ3v) is 8.36. The van der Waals surface area contributed by atoms with E-state index in [9.17, 15) is 4.79 Å². The number of nitrogens with one attached hydrogen (secondary N) is 2. The number of hydrogen-bond donors (Lipinski definition) is 3. The van der Waals surface area contributed by atoms with Gasteiger partial charge in [0.05, 0.1) is 11.3 Å². The summed E-state index contributed by atoms with van der Waals surface area (Å²) in [7, 11) is 0. The zero-order valence-corrected chi connectivity index (χ0v) is 26.3. The van der Waals surface area contributed by atoms with Gasteiger partial charge in [0.1, 0.15) is 23.2 Å². The molecule has 48 heavy (non-hydrogen) atoms. The Kier molecular flexibility index (Phi) is 8.42. The van der Waals surface area contributed by atoms with Crippen LogP contribution in [0.1, 0.15) is 31.2 Å². The van der Waals surface area contributed by atoms with E-state index in [0.717, 1.165) is 60.5 Å². The summed E-state index contributed by atoms with van der Waals surface area (Å²) >= 11 is 0. The number of fused-ring (bicyclic) bond motifs is 1. The van der Waals surface area contributed by atoms with Gasteiger partial charge in [-0.15, -0.1) is 0 Å². The molecule has 0 spiro atoms. The van der Waals surface area contributed by atoms with Crippen molar-refractivity contribution in [2.75, 3.05) is 29.5 Å². The molecule has 12 nitrogen and oxygen atoms in total. The molecule has 1 aliphatic heterocycles. The smallest absolute Gasteiger partial charge is 0.234 e. The van der Waals surface area contributed by atoms with Crippen LogP contribution in [0.25, 0.3) is 39.5 Å². The van der Waals surface area contributed by atoms with Crippen LogP contribution < -0.4 is 16.4 Å². The predicted octanol–water partition coefficient (Wildman–Crippen LogP) is 5.43. The van der Waals surface area contributed by atoms with E-state index >= 15 is 0 Å². The van der Waals surface area contributed by atoms with Crippen molar-refractivity contribution in [2.45, 2.75) is 32.4 Å². The second-order valence-electron chi connectivity index (χ2n) is 11.7. The van der Waals surface area contributed by atoms with Gasteiger partial charge in [0.2, 0.25) is 11.7 Å². The maximum absolute atomic E-state index is 11.7. The average Bonchev–Trinajstić information content (AvgIpc) is 3.48. The highest BCUT2D eigenvalue weighted by molar-refractivity contribution is 5.90. The first-order chi connectivity index (χ1) is 23.4. The SMILES string of the molecule is CC(=O)Nc1cccc(-c2ccc3nc(-c4cccnc4N)n(-c4ccc(CN5CCC(Nc6ccnc(C#N)n6)CC5)cc4)c3n2)c1. The van der Waals surface area contributed by atoms with Crippen LogP contribution in [0.3, 0.4) is 0 Å². The lowest BCUT2D eigenvalue weighted by atomic mass is 10.0. The Bertz CT molecular complexity index is 2140. The van der Waals surface area contributed by atoms with E-state index in [1.165, 1.54) is 12.5 Å². The summed E-state index contributed by atoms with van der Waals surface area (Å²) in [5.41, 5.74) is 12.9. The minimum Gasteiger partial charge on any atom is -0.383 e. The molecule has 1 amide bonds. The zero-order valence-electron chi connectivity index (χ0n) is 26.3. The molecule has 6 aromatic rings. The number of pyridine rings is 2. The molecule has 1 aliphatic rings. The van der Waals surface area contributed by atoms with Gasteiger partial charge in [-0.3, -0.25) is 14.3 Å². The van der Waals surface area contributed by atoms with Crippen molar-refractivity contribution in [1.29, 1.82) is 5.26 Å². The predicted molar refractivity (Wildman–Crippen MR) is 185 cm³/mol. The van der Waals surface area contributed by atoms with Gasteiger partial charge in [-0.2, -0.15) is 5.26 Å². The van der Waals surface area contributed by atoms with Gasteiger partial charge in [0.25, 0.3) is 0 Å². The van der Waals surface area contributed by atoms with E-state index in [4.69, 9.17) is 21.0 Å². The molecule has 12 heteroatoms. The van der Waals surface area contributed by atoms with Crippen LogP contribution in [0.2, 0.25) is 0 Å². The summed E-state index contributed by atoms with van der Waals surface area (Å²) in [4.78, 5) is 36.7. The molecule has 0 saturated carbocycles. The number of likely N-dealkylation sites (tertiary alicyclic amines) is 1. The van der Waals surface area contributed by atoms with E-state index in [1.807, 2.05) is 59.2 Å². The highest BCUT2D eigenvalue weighted by Gasteiger charge is 2.21. The first kappa shape index (κ1) is 30.5. The molecular weight excluding hydrogens is 602 g/mol. The van der Waals surface area contributed by atoms with Crippen molar-refractivity contribution < 1.29 is 4.79 Å². The number of nitriles is 1. The van der Waals surface area contributed by atoms with Gasteiger partial charge in [0.15, 0.2) is 11.5 Å². The monoisotopic (exact) mass is 635 g/mol. The molecule has 4 aromatic heterocycles. The molecule has 4 N–H and O–H groups in total. The molecule has 1 saturated heterocycles. The molecule has 238 valence electrons. The molecule has 0 unspecified atom stereocenters. The van der Waals surface area contributed by atoms with Crippen LogP contribution in [0.4, 0.5) is 17.3 Å². The number of nitrogens with two attached hydrogens (primary N) is 1. The number of aromatic nitrogens is 6. The Hall–Kier alpha value is -6.19. The maximum Gasteiger partial charge on any atom is 0.234 e. The summed E-state index contributed by atoms with van der Waals surface area (Å²) in [5.74, 6) is 1.77. The summed E-state index contributed by atoms with van der Waals surface area (Å²) < 4.78 is 2.02. The lowest BCUT2D eigenvalue weighted by molar-refractivity contribution is -0.114. The Morgan fingerprint density at radius 2 is 1.79 bits per heavy atom. The summed E-state index contributed by atoms with van der Waals surface area (Å²) in [6, 6.07) is 27.8. The third-order valence-electron chi connectivity index (χ3n) is 8.36. The summed E-state index contributed by atoms with van der Waals surface area (Å²) in [5, 5.41) is 15.4. The van der Waals surface area contributed by atoms with E-state index in [1.54, 1.807) is 18.5 Å². The van der Waals surface area contributed by atoms with E-state index in [-0.39, 0.29) is 11.7 Å². The second kappa shape index (κ2) is 13.3. The fourth-order valence-electron chi connectivity index (χ4n) is 6.06. The lowest BCUT2D eigenvalue weighted by Crippen LogP contribution is -2.38. The standard InChI is InChI=1S/C36H33N11O/c1-23(48)41-27-5-2-4-25(20-27)30-11-12-31-36(43-30)47(35(44-31)29-6-3-16-40-34(29)38)28-9-7-24(8-10-28)22-46-18-14-26(15-19-46)42-32-13-17-39-33(21-37)45-32/h2-13,16-17,20,26H,14-15,18-19,22H2,1H3,(H2,38,40)(H,41,48)(H,39,42,45). The van der Waals surface area contributed by atoms with Crippen LogP contribution in [-0.4, -0.2) is 59.4 Å². The number of carbonyl (C=O) groups is 1. The van der Waals surface area contributed by atoms with Crippen LogP contribution in [-0.2, 0) is 11.3 Å². The van der Waals surface area contributed by atoms with E-state index in [0.29, 0.717) is 34.8 Å². The molecular formula is C36H33N11O. The number of rotatable bonds is 8. The first-order valence-electron chi connectivity index (χ1n) is 15.7. The van der Waals surface area contributed by atoms with Gasteiger partial charge < -0.3 is 16.4 Å². The summed E-state index contributed by atoms with van der Waals surface area (Å²) in [6.45, 7) is 4.21. The third kappa shape index (κ3) is 6.53. The molecule has 5 heterocycles. The highest BCUT2D eigenvalue weighted by Crippen LogP contribution is 2.32. The molecule has 0 bridgehead atoms. The maximum atomic E-state index is 11.7. The largest absolute Gasteiger partial charge is 0.383 e. The first-order valence-corrected chi connectivity index (χ1v) is 15.7. The minimum atomic E-state index is -0.133. The van der Waals surface area contributed by atoms with Crippen molar-refractivity contribution >= 4 is 34.4 Å². The Morgan fingerprint density at radius 1 is 0.958 bits per heavy atom. The molecule has 7 rings (SSSR count). The summed E-state index contributed by atoms with van der Waals surface area (Å²) in [6.07, 6.45) is 5.22. The van der Waals surface area contributed by atoms with Crippen LogP contribution >= 0.6 is 0 Å². The number of imidazole rings is 1. The molecule has 0 atom stereocenters. The molecule has 0 aliphatic carbocycles. The van der Waals surface area contributed by atoms with Gasteiger partial charge in [0, 0.05) is 61.9 Å². The quantitative estimate of drug-likeness (QED) is 0.197. The van der Waals surface area contributed by atoms with Gasteiger partial charge in [-0.1, -0.05) is 24.3 Å². The van der Waals surface area contributed by atoms with Crippen LogP contribution in [0, 0.1) is 11.3 Å². The second-order valence-corrected chi connectivity index (χ2v) is 11.7. The number of carbonyl (C=O) groups excluding carboxylic acids is 1. The number of amides is 1. The van der Waals surface area contributed by atoms with E-state index in [2.05, 4.69) is 54.8 Å². The van der Waals surface area contributed by atoms with Crippen LogP contribution in [0.5, 0.6) is 0 Å². The number of anilines is 3. The van der Waals surface area contributed by atoms with Crippen molar-refractivity contribution in [3.63, 3.8) is 0 Å². The Morgan fingerprint density at radius 3 is 2.56 bits per heavy atom. The fraction of sp³-hybridized carbons (Fsp3) is 0.194. The Balaban J connectivity index is 1.14. The van der Waals surface area contributed by atoms with Gasteiger partial charge in [-0.25, -0.2) is 24.9 Å². The average molecular weight is 636 g/mol. The Labute approximate surface area is 277 Å². The lowest BCUT2D eigenvalue weighted by Gasteiger charge is -2.32. The number of piperidine rings is 1. The highest BCUT2D eigenvalue weighted by atomic mass is 16.1. The van der Waals surface area contributed by atoms with Crippen molar-refractivity contribution in [1.82, 2.24) is 34.4 Å². The fourth-order valence-corrected chi connectivity index (χ4v) is 6.06. The van der Waals surface area contributed by atoms with E-state index < -0.39 is 0 Å². The number of hydrogen-bond acceptors (Lipinski definition) is 10. The minimum absolute atomic E-state index is 0.133. The topological polar surface area (TPSA) is 164 Å². The zero-order chi connectivity index (χ0) is 33.0. The van der Waals surface area contributed by atoms with Crippen molar-refractivity contribution in [3.8, 4) is 34.4 Å². The van der Waals surface area contributed by atoms with Gasteiger partial charge >= 0.3 is 0 Å².